The molecule has 0 atom stereocenters. The molecule has 0 radical (unpaired) electrons. The van der Waals surface area contributed by atoms with E-state index in [0.717, 1.165) is 105 Å². The van der Waals surface area contributed by atoms with Crippen LogP contribution in [-0.2, 0) is 41.0 Å². The van der Waals surface area contributed by atoms with E-state index in [9.17, 15) is 0 Å². The Bertz CT molecular complexity index is 4530. The Hall–Kier alpha value is -9.09. The summed E-state index contributed by atoms with van der Waals surface area (Å²) < 4.78 is 12.9. The predicted octanol–water partition coefficient (Wildman–Crippen LogP) is 20.5. The minimum absolute atomic E-state index is 0.0472. The number of ether oxygens (including phenoxy) is 1. The average molecular weight is 1300 g/mol. The number of pyridine rings is 1. The van der Waals surface area contributed by atoms with Crippen LogP contribution in [-0.4, -0.2) is 14.1 Å². The van der Waals surface area contributed by atoms with Crippen molar-refractivity contribution in [3.63, 3.8) is 0 Å². The monoisotopic (exact) mass is 1300 g/mol. The molecule has 14 rings (SSSR count). The fourth-order valence-electron chi connectivity index (χ4n) is 12.8. The molecule has 2 aromatic heterocycles. The summed E-state index contributed by atoms with van der Waals surface area (Å²) >= 11 is 2.50. The summed E-state index contributed by atoms with van der Waals surface area (Å²) in [6, 6.07) is 93.9. The van der Waals surface area contributed by atoms with Crippen molar-refractivity contribution in [1.82, 2.24) is 14.1 Å². The molecule has 0 unspecified atom stereocenters. The van der Waals surface area contributed by atoms with Crippen LogP contribution in [0.5, 0.6) is 11.5 Å². The van der Waals surface area contributed by atoms with Gasteiger partial charge in [0.15, 0.2) is 0 Å². The fraction of sp³-hybridized carbons (Fsp3) is 0.165. The van der Waals surface area contributed by atoms with E-state index in [1.54, 1.807) is 0 Å². The van der Waals surface area contributed by atoms with Crippen molar-refractivity contribution in [2.24, 2.45) is 0 Å². The molecule has 0 aliphatic carbocycles. The Labute approximate surface area is 516 Å². The number of fused-ring (bicyclic) bond motifs is 9. The van der Waals surface area contributed by atoms with E-state index in [0.29, 0.717) is 11.5 Å². The summed E-state index contributed by atoms with van der Waals surface area (Å²) in [7, 11) is 0. The maximum absolute atomic E-state index is 7.16. The first-order chi connectivity index (χ1) is 41.4. The molecule has 0 saturated carbocycles. The summed E-state index contributed by atoms with van der Waals surface area (Å²) in [5, 5.41) is 0. The number of hydrogen-bond acceptors (Lipinski definition) is 4. The zero-order valence-corrected chi connectivity index (χ0v) is 52.3. The zero-order valence-electron chi connectivity index (χ0n) is 50.1. The van der Waals surface area contributed by atoms with Crippen molar-refractivity contribution in [3.05, 3.63) is 298 Å². The Morgan fingerprint density at radius 2 is 0.930 bits per heavy atom. The van der Waals surface area contributed by atoms with Gasteiger partial charge in [-0.3, -0.25) is 0 Å². The summed E-state index contributed by atoms with van der Waals surface area (Å²) in [4.78, 5) is 10.0. The third-order valence-electron chi connectivity index (χ3n) is 17.3. The molecule has 0 N–H and O–H groups in total. The SMILES string of the molecule is CC(C)(C)c1cc(-n2[c](=[Pt])n(-c3[c-]c(Oc4[c-]c5c(cc4)C4(c6ccccc6N5c5cc(C(C)(C)C)ccn5)c5cc(-c6ccccc6)ccc5N(c5ccccc5)c5ccc(-c6ccccc6)cc54)ccc3)c3ccccc32)cc(C(C)(C)C)c1. The predicted molar refractivity (Wildman–Crippen MR) is 350 cm³/mol. The molecule has 86 heavy (non-hydrogen) atoms. The van der Waals surface area contributed by atoms with Crippen LogP contribution in [0.2, 0.25) is 0 Å². The molecule has 0 fully saturated rings. The second-order valence-electron chi connectivity index (χ2n) is 25.9. The van der Waals surface area contributed by atoms with E-state index in [1.165, 1.54) is 16.7 Å². The molecular formula is C79H67N5OPt-2. The normalized spacial score (nSPS) is 13.5. The van der Waals surface area contributed by atoms with E-state index in [2.05, 4.69) is 343 Å². The maximum atomic E-state index is 7.16. The minimum atomic E-state index is -0.904. The number of anilines is 6. The molecule has 12 aromatic rings. The van der Waals surface area contributed by atoms with Crippen LogP contribution in [0.1, 0.15) is 101 Å². The number of benzene rings is 10. The molecule has 10 aromatic carbocycles. The van der Waals surface area contributed by atoms with E-state index >= 15 is 0 Å². The molecule has 7 heteroatoms. The molecule has 0 saturated heterocycles. The van der Waals surface area contributed by atoms with Crippen molar-refractivity contribution >= 4 is 45.3 Å². The number of rotatable bonds is 8. The number of hydrogen-bond donors (Lipinski definition) is 0. The van der Waals surface area contributed by atoms with Crippen LogP contribution in [0, 0.1) is 15.9 Å². The number of nitrogens with zero attached hydrogens (tertiary/aromatic N) is 5. The molecule has 0 amide bonds. The molecule has 426 valence electrons. The Morgan fingerprint density at radius 3 is 1.53 bits per heavy atom. The molecule has 2 aliphatic rings. The van der Waals surface area contributed by atoms with Crippen LogP contribution < -0.4 is 14.5 Å². The summed E-state index contributed by atoms with van der Waals surface area (Å²) in [6.07, 6.45) is 1.95. The number of imidazole rings is 1. The van der Waals surface area contributed by atoms with Gasteiger partial charge in [-0.25, -0.2) is 0 Å². The second-order valence-corrected chi connectivity index (χ2v) is 26.9. The first-order valence-corrected chi connectivity index (χ1v) is 30.8. The van der Waals surface area contributed by atoms with Crippen molar-refractivity contribution in [3.8, 4) is 45.1 Å². The van der Waals surface area contributed by atoms with Crippen molar-refractivity contribution in [2.75, 3.05) is 9.80 Å². The summed E-state index contributed by atoms with van der Waals surface area (Å²) in [5.74, 6) is 1.92. The molecule has 1 spiro atoms. The summed E-state index contributed by atoms with van der Waals surface area (Å²) in [6.45, 7) is 20.6. The van der Waals surface area contributed by atoms with Crippen LogP contribution in [0.4, 0.5) is 34.3 Å². The standard InChI is InChI=1S/C79H67N5O.Pt/c1-76(2,3)57-42-43-80-75(49-57)84-69-33-20-19-32-65(69)79(67-44-55(53-24-13-10-14-25-53)36-40-70(67)83(60-28-17-12-18-29-60)71-41-37-56(45-68(71)79)54-26-15-11-16-27-54)66-39-38-64(51-74(66)84)85-63-31-23-30-61(50-63)81-52-82(73-35-22-21-34-72(73)81)62-47-58(77(4,5)6)46-59(48-62)78(7,8)9;/h10-49H,1-9H3;/q-2;. The number of aromatic nitrogens is 3. The van der Waals surface area contributed by atoms with Crippen LogP contribution >= 0.6 is 0 Å². The van der Waals surface area contributed by atoms with Crippen molar-refractivity contribution < 1.29 is 24.1 Å². The van der Waals surface area contributed by atoms with Gasteiger partial charge in [-0.05, 0) is 75.7 Å². The fourth-order valence-corrected chi connectivity index (χ4v) is 13.9. The van der Waals surface area contributed by atoms with E-state index in [-0.39, 0.29) is 16.2 Å². The van der Waals surface area contributed by atoms with Gasteiger partial charge in [0.25, 0.3) is 0 Å². The van der Waals surface area contributed by atoms with Gasteiger partial charge in [0.2, 0.25) is 0 Å². The quantitative estimate of drug-likeness (QED) is 0.142. The Kier molecular flexibility index (Phi) is 13.3. The van der Waals surface area contributed by atoms with Gasteiger partial charge in [0.1, 0.15) is 0 Å². The van der Waals surface area contributed by atoms with Gasteiger partial charge >= 0.3 is 286 Å². The van der Waals surface area contributed by atoms with Crippen LogP contribution in [0.25, 0.3) is 44.7 Å². The third-order valence-corrected chi connectivity index (χ3v) is 18.3. The second kappa shape index (κ2) is 20.9. The van der Waals surface area contributed by atoms with Gasteiger partial charge in [-0.1, -0.05) is 130 Å². The first kappa shape index (κ1) is 54.8. The Morgan fingerprint density at radius 1 is 0.395 bits per heavy atom. The van der Waals surface area contributed by atoms with Gasteiger partial charge in [-0.2, -0.15) is 0 Å². The van der Waals surface area contributed by atoms with Crippen LogP contribution in [0.15, 0.2) is 243 Å². The molecule has 4 heterocycles. The summed E-state index contributed by atoms with van der Waals surface area (Å²) in [5.41, 5.74) is 20.9. The first-order valence-electron chi connectivity index (χ1n) is 29.7. The topological polar surface area (TPSA) is 38.5 Å². The van der Waals surface area contributed by atoms with Crippen molar-refractivity contribution in [2.45, 2.75) is 84.0 Å². The van der Waals surface area contributed by atoms with E-state index in [4.69, 9.17) is 9.72 Å². The van der Waals surface area contributed by atoms with Gasteiger partial charge in [-0.15, -0.1) is 0 Å². The zero-order chi connectivity index (χ0) is 59.3. The average Bonchev–Trinajstić information content (AvgIpc) is 0.795. The number of para-hydroxylation sites is 4. The molecule has 6 nitrogen and oxygen atoms in total. The molecule has 0 bridgehead atoms. The molecule has 2 aliphatic heterocycles. The Balaban J connectivity index is 1.00. The van der Waals surface area contributed by atoms with Crippen molar-refractivity contribution in [1.29, 1.82) is 0 Å². The van der Waals surface area contributed by atoms with Gasteiger partial charge < -0.3 is 4.90 Å². The van der Waals surface area contributed by atoms with Crippen LogP contribution in [0.3, 0.4) is 0 Å². The van der Waals surface area contributed by atoms with E-state index < -0.39 is 5.41 Å². The third kappa shape index (κ3) is 9.29. The van der Waals surface area contributed by atoms with Gasteiger partial charge in [0, 0.05) is 23.3 Å². The molecular weight excluding hydrogens is 1230 g/mol. The van der Waals surface area contributed by atoms with Gasteiger partial charge in [0.05, 0.1) is 0 Å². The van der Waals surface area contributed by atoms with E-state index in [1.807, 2.05) is 12.3 Å².